The lowest BCUT2D eigenvalue weighted by atomic mass is 10.2. The van der Waals surface area contributed by atoms with Crippen LogP contribution in [0.3, 0.4) is 0 Å². The summed E-state index contributed by atoms with van der Waals surface area (Å²) in [5.74, 6) is -1.90. The molecule has 0 saturated carbocycles. The Morgan fingerprint density at radius 3 is 2.71 bits per heavy atom. The summed E-state index contributed by atoms with van der Waals surface area (Å²) < 4.78 is 26.2. The molecule has 0 aliphatic carbocycles. The van der Waals surface area contributed by atoms with E-state index in [-0.39, 0.29) is 11.4 Å². The molecule has 1 N–H and O–H groups in total. The van der Waals surface area contributed by atoms with Gasteiger partial charge in [-0.3, -0.25) is 4.79 Å². The highest BCUT2D eigenvalue weighted by atomic mass is 19.1. The summed E-state index contributed by atoms with van der Waals surface area (Å²) in [5.41, 5.74) is -0.351. The molecular formula is C12H8F2N2O. The second-order valence-corrected chi connectivity index (χ2v) is 3.29. The average Bonchev–Trinajstić information content (AvgIpc) is 2.33. The number of nitrogens with one attached hydrogen (secondary N) is 1. The van der Waals surface area contributed by atoms with Crippen molar-refractivity contribution in [3.63, 3.8) is 0 Å². The number of anilines is 1. The smallest absolute Gasteiger partial charge is 0.259 e. The standard InChI is InChI=1S/C12H8F2N2O/c13-8-4-5-10(14)9(7-8)12(17)16-11-3-1-2-6-15-11/h1-7H,(H,15,16,17). The van der Waals surface area contributed by atoms with Crippen molar-refractivity contribution in [2.45, 2.75) is 0 Å². The second kappa shape index (κ2) is 4.69. The number of rotatable bonds is 2. The maximum atomic E-state index is 13.3. The molecular weight excluding hydrogens is 226 g/mol. The number of hydrogen-bond acceptors (Lipinski definition) is 2. The van der Waals surface area contributed by atoms with Crippen molar-refractivity contribution in [1.29, 1.82) is 0 Å². The molecule has 17 heavy (non-hydrogen) atoms. The number of nitrogens with zero attached hydrogens (tertiary/aromatic N) is 1. The van der Waals surface area contributed by atoms with Gasteiger partial charge in [0.15, 0.2) is 0 Å². The first-order valence-corrected chi connectivity index (χ1v) is 4.84. The van der Waals surface area contributed by atoms with Crippen LogP contribution in [-0.2, 0) is 0 Å². The lowest BCUT2D eigenvalue weighted by Crippen LogP contribution is -2.14. The maximum Gasteiger partial charge on any atom is 0.259 e. The highest BCUT2D eigenvalue weighted by molar-refractivity contribution is 6.03. The zero-order chi connectivity index (χ0) is 12.3. The average molecular weight is 234 g/mol. The number of carbonyl (C=O) groups is 1. The first kappa shape index (κ1) is 11.2. The highest BCUT2D eigenvalue weighted by Crippen LogP contribution is 2.11. The Morgan fingerprint density at radius 1 is 1.18 bits per heavy atom. The summed E-state index contributed by atoms with van der Waals surface area (Å²) in [5, 5.41) is 2.37. The number of amides is 1. The van der Waals surface area contributed by atoms with Crippen LogP contribution in [-0.4, -0.2) is 10.9 Å². The minimum Gasteiger partial charge on any atom is -0.306 e. The van der Waals surface area contributed by atoms with Gasteiger partial charge in [0.2, 0.25) is 0 Å². The van der Waals surface area contributed by atoms with Gasteiger partial charge in [0, 0.05) is 6.20 Å². The van der Waals surface area contributed by atoms with Gasteiger partial charge in [-0.2, -0.15) is 0 Å². The van der Waals surface area contributed by atoms with Gasteiger partial charge >= 0.3 is 0 Å². The molecule has 0 bridgehead atoms. The molecule has 1 aromatic carbocycles. The van der Waals surface area contributed by atoms with Crippen molar-refractivity contribution in [2.75, 3.05) is 5.32 Å². The van der Waals surface area contributed by atoms with Crippen molar-refractivity contribution in [3.05, 3.63) is 59.8 Å². The van der Waals surface area contributed by atoms with E-state index < -0.39 is 17.5 Å². The molecule has 0 fully saturated rings. The molecule has 5 heteroatoms. The summed E-state index contributed by atoms with van der Waals surface area (Å²) in [6.07, 6.45) is 1.48. The zero-order valence-corrected chi connectivity index (χ0v) is 8.65. The van der Waals surface area contributed by atoms with Crippen LogP contribution in [0.1, 0.15) is 10.4 Å². The molecule has 3 nitrogen and oxygen atoms in total. The first-order valence-electron chi connectivity index (χ1n) is 4.84. The van der Waals surface area contributed by atoms with Crippen molar-refractivity contribution in [2.24, 2.45) is 0 Å². The number of benzene rings is 1. The fourth-order valence-electron chi connectivity index (χ4n) is 1.29. The van der Waals surface area contributed by atoms with E-state index in [0.717, 1.165) is 18.2 Å². The summed E-state index contributed by atoms with van der Waals surface area (Å²) in [4.78, 5) is 15.5. The topological polar surface area (TPSA) is 42.0 Å². The Balaban J connectivity index is 2.23. The second-order valence-electron chi connectivity index (χ2n) is 3.29. The third-order valence-corrected chi connectivity index (χ3v) is 2.08. The van der Waals surface area contributed by atoms with E-state index in [2.05, 4.69) is 10.3 Å². The molecule has 0 aliphatic rings. The number of hydrogen-bond donors (Lipinski definition) is 1. The summed E-state index contributed by atoms with van der Waals surface area (Å²) in [6.45, 7) is 0. The van der Waals surface area contributed by atoms with E-state index in [1.165, 1.54) is 6.20 Å². The fourth-order valence-corrected chi connectivity index (χ4v) is 1.29. The van der Waals surface area contributed by atoms with Crippen LogP contribution in [0, 0.1) is 11.6 Å². The Bertz CT molecular complexity index is 543. The number of carbonyl (C=O) groups excluding carboxylic acids is 1. The molecule has 2 aromatic rings. The molecule has 0 unspecified atom stereocenters. The molecule has 1 aromatic heterocycles. The van der Waals surface area contributed by atoms with E-state index in [4.69, 9.17) is 0 Å². The van der Waals surface area contributed by atoms with Gasteiger partial charge in [-0.25, -0.2) is 13.8 Å². The van der Waals surface area contributed by atoms with Crippen LogP contribution in [0.25, 0.3) is 0 Å². The van der Waals surface area contributed by atoms with E-state index in [1.54, 1.807) is 18.2 Å². The molecule has 0 aliphatic heterocycles. The van der Waals surface area contributed by atoms with Crippen molar-refractivity contribution in [3.8, 4) is 0 Å². The molecule has 1 heterocycles. The van der Waals surface area contributed by atoms with Crippen LogP contribution in [0.15, 0.2) is 42.6 Å². The lowest BCUT2D eigenvalue weighted by molar-refractivity contribution is 0.102. The first-order chi connectivity index (χ1) is 8.16. The minimum absolute atomic E-state index is 0.279. The van der Waals surface area contributed by atoms with E-state index in [0.29, 0.717) is 0 Å². The summed E-state index contributed by atoms with van der Waals surface area (Å²) in [6, 6.07) is 7.60. The van der Waals surface area contributed by atoms with E-state index >= 15 is 0 Å². The van der Waals surface area contributed by atoms with Gasteiger partial charge in [-0.05, 0) is 30.3 Å². The predicted octanol–water partition coefficient (Wildman–Crippen LogP) is 2.61. The van der Waals surface area contributed by atoms with Gasteiger partial charge in [0.05, 0.1) is 5.56 Å². The monoisotopic (exact) mass is 234 g/mol. The van der Waals surface area contributed by atoms with Crippen LogP contribution >= 0.6 is 0 Å². The Labute approximate surface area is 96.1 Å². The van der Waals surface area contributed by atoms with Crippen LogP contribution in [0.4, 0.5) is 14.6 Å². The van der Waals surface area contributed by atoms with Gasteiger partial charge in [0.25, 0.3) is 5.91 Å². The predicted molar refractivity (Wildman–Crippen MR) is 58.5 cm³/mol. The maximum absolute atomic E-state index is 13.3. The molecule has 0 atom stereocenters. The summed E-state index contributed by atoms with van der Waals surface area (Å²) in [7, 11) is 0. The van der Waals surface area contributed by atoms with E-state index in [1.807, 2.05) is 0 Å². The number of pyridine rings is 1. The van der Waals surface area contributed by atoms with Crippen molar-refractivity contribution in [1.82, 2.24) is 4.98 Å². The molecule has 1 amide bonds. The Hall–Kier alpha value is -2.30. The number of halogens is 2. The molecule has 0 spiro atoms. The highest BCUT2D eigenvalue weighted by Gasteiger charge is 2.13. The fraction of sp³-hybridized carbons (Fsp3) is 0. The van der Waals surface area contributed by atoms with Crippen molar-refractivity contribution < 1.29 is 13.6 Å². The largest absolute Gasteiger partial charge is 0.306 e. The normalized spacial score (nSPS) is 10.0. The SMILES string of the molecule is O=C(Nc1ccccn1)c1cc(F)ccc1F. The van der Waals surface area contributed by atoms with Crippen LogP contribution in [0.5, 0.6) is 0 Å². The van der Waals surface area contributed by atoms with Gasteiger partial charge < -0.3 is 5.32 Å². The molecule has 86 valence electrons. The Kier molecular flexibility index (Phi) is 3.09. The Morgan fingerprint density at radius 2 is 2.00 bits per heavy atom. The van der Waals surface area contributed by atoms with Crippen LogP contribution in [0.2, 0.25) is 0 Å². The quantitative estimate of drug-likeness (QED) is 0.867. The third kappa shape index (κ3) is 2.63. The minimum atomic E-state index is -0.778. The lowest BCUT2D eigenvalue weighted by Gasteiger charge is -2.04. The van der Waals surface area contributed by atoms with Gasteiger partial charge in [-0.1, -0.05) is 6.07 Å². The van der Waals surface area contributed by atoms with Gasteiger partial charge in [-0.15, -0.1) is 0 Å². The molecule has 0 radical (unpaired) electrons. The molecule has 0 saturated heterocycles. The summed E-state index contributed by atoms with van der Waals surface area (Å²) >= 11 is 0. The number of aromatic nitrogens is 1. The zero-order valence-electron chi connectivity index (χ0n) is 8.65. The van der Waals surface area contributed by atoms with Gasteiger partial charge in [0.1, 0.15) is 17.5 Å². The van der Waals surface area contributed by atoms with Crippen LogP contribution < -0.4 is 5.32 Å². The van der Waals surface area contributed by atoms with Crippen molar-refractivity contribution >= 4 is 11.7 Å². The third-order valence-electron chi connectivity index (χ3n) is 2.08. The van der Waals surface area contributed by atoms with E-state index in [9.17, 15) is 13.6 Å². The molecule has 2 rings (SSSR count).